The molecule has 9 heteroatoms. The molecule has 0 radical (unpaired) electrons. The number of carboxylic acids is 1. The number of rotatable bonds is 3. The molecule has 0 bridgehead atoms. The molecule has 2 heterocycles. The van der Waals surface area contributed by atoms with Crippen LogP contribution in [0, 0.1) is 0 Å². The van der Waals surface area contributed by atoms with Crippen LogP contribution in [-0.2, 0) is 14.4 Å². The number of nitrogens with one attached hydrogen (secondary N) is 1. The molecular formula is C14H9ClN2O4S2. The summed E-state index contributed by atoms with van der Waals surface area (Å²) in [7, 11) is 0. The number of aliphatic carboxylic acids is 1. The molecule has 3 rings (SSSR count). The minimum Gasteiger partial charge on any atom is -0.481 e. The van der Waals surface area contributed by atoms with Crippen molar-refractivity contribution in [2.75, 3.05) is 11.9 Å². The van der Waals surface area contributed by atoms with Gasteiger partial charge in [0, 0.05) is 12.1 Å². The summed E-state index contributed by atoms with van der Waals surface area (Å²) in [6.45, 7) is -0.0270. The van der Waals surface area contributed by atoms with Crippen molar-refractivity contribution in [1.82, 2.24) is 4.90 Å². The molecule has 23 heavy (non-hydrogen) atoms. The van der Waals surface area contributed by atoms with Gasteiger partial charge in [-0.2, -0.15) is 0 Å². The quantitative estimate of drug-likeness (QED) is 0.629. The highest BCUT2D eigenvalue weighted by atomic mass is 35.5. The van der Waals surface area contributed by atoms with Gasteiger partial charge in [-0.1, -0.05) is 47.7 Å². The van der Waals surface area contributed by atoms with Gasteiger partial charge in [-0.3, -0.25) is 19.3 Å². The maximum atomic E-state index is 12.5. The first kappa shape index (κ1) is 16.0. The van der Waals surface area contributed by atoms with Crippen molar-refractivity contribution < 1.29 is 19.5 Å². The lowest BCUT2D eigenvalue weighted by Crippen LogP contribution is -2.30. The Hall–Kier alpha value is -1.90. The van der Waals surface area contributed by atoms with Gasteiger partial charge in [0.1, 0.15) is 4.32 Å². The van der Waals surface area contributed by atoms with E-state index in [1.165, 1.54) is 4.90 Å². The Kier molecular flexibility index (Phi) is 4.13. The van der Waals surface area contributed by atoms with E-state index < -0.39 is 17.8 Å². The largest absolute Gasteiger partial charge is 0.481 e. The SMILES string of the molecule is O=C(O)CCN1C(=O)/C(=C2/C(=O)Nc3c(Cl)cccc32)SC1=S. The van der Waals surface area contributed by atoms with Crippen molar-refractivity contribution in [2.24, 2.45) is 0 Å². The van der Waals surface area contributed by atoms with Crippen LogP contribution < -0.4 is 5.32 Å². The van der Waals surface area contributed by atoms with Crippen LogP contribution in [0.15, 0.2) is 23.1 Å². The smallest absolute Gasteiger partial charge is 0.305 e. The molecule has 0 aliphatic carbocycles. The first-order valence-corrected chi connectivity index (χ1v) is 8.10. The number of carbonyl (C=O) groups is 3. The van der Waals surface area contributed by atoms with Crippen LogP contribution in [0.2, 0.25) is 5.02 Å². The third-order valence-corrected chi connectivity index (χ3v) is 5.14. The van der Waals surface area contributed by atoms with E-state index in [1.54, 1.807) is 18.2 Å². The average Bonchev–Trinajstić information content (AvgIpc) is 2.95. The third-order valence-electron chi connectivity index (χ3n) is 3.37. The number of anilines is 1. The summed E-state index contributed by atoms with van der Waals surface area (Å²) >= 11 is 12.2. The molecule has 0 atom stereocenters. The zero-order valence-corrected chi connectivity index (χ0v) is 13.8. The van der Waals surface area contributed by atoms with E-state index in [-0.39, 0.29) is 27.8 Å². The molecule has 118 valence electrons. The molecular weight excluding hydrogens is 360 g/mol. The molecule has 0 spiro atoms. The van der Waals surface area contributed by atoms with Gasteiger partial charge >= 0.3 is 5.97 Å². The molecule has 1 saturated heterocycles. The predicted molar refractivity (Wildman–Crippen MR) is 91.2 cm³/mol. The fourth-order valence-corrected chi connectivity index (χ4v) is 3.94. The molecule has 6 nitrogen and oxygen atoms in total. The van der Waals surface area contributed by atoms with Crippen molar-refractivity contribution >= 4 is 68.9 Å². The van der Waals surface area contributed by atoms with Crippen LogP contribution in [0.25, 0.3) is 5.57 Å². The molecule has 1 aromatic rings. The van der Waals surface area contributed by atoms with E-state index in [0.717, 1.165) is 11.8 Å². The van der Waals surface area contributed by atoms with Crippen molar-refractivity contribution in [3.63, 3.8) is 0 Å². The summed E-state index contributed by atoms with van der Waals surface area (Å²) in [4.78, 5) is 36.8. The molecule has 1 fully saturated rings. The molecule has 2 aliphatic rings. The second-order valence-electron chi connectivity index (χ2n) is 4.79. The van der Waals surface area contributed by atoms with Crippen LogP contribution in [0.1, 0.15) is 12.0 Å². The van der Waals surface area contributed by atoms with E-state index in [1.807, 2.05) is 0 Å². The van der Waals surface area contributed by atoms with Crippen LogP contribution in [0.3, 0.4) is 0 Å². The Labute approximate surface area is 145 Å². The Bertz CT molecular complexity index is 806. The summed E-state index contributed by atoms with van der Waals surface area (Å²) in [6, 6.07) is 5.02. The normalized spacial score (nSPS) is 20.0. The van der Waals surface area contributed by atoms with E-state index in [4.69, 9.17) is 28.9 Å². The number of carbonyl (C=O) groups excluding carboxylic acids is 2. The van der Waals surface area contributed by atoms with Crippen molar-refractivity contribution in [1.29, 1.82) is 0 Å². The number of benzene rings is 1. The summed E-state index contributed by atoms with van der Waals surface area (Å²) in [5.74, 6) is -1.91. The summed E-state index contributed by atoms with van der Waals surface area (Å²) in [6.07, 6.45) is -0.219. The highest BCUT2D eigenvalue weighted by molar-refractivity contribution is 8.26. The molecule has 2 aliphatic heterocycles. The van der Waals surface area contributed by atoms with Gasteiger partial charge in [0.2, 0.25) is 0 Å². The number of amides is 2. The molecule has 0 saturated carbocycles. The van der Waals surface area contributed by atoms with E-state index >= 15 is 0 Å². The Morgan fingerprint density at radius 2 is 2.13 bits per heavy atom. The predicted octanol–water partition coefficient (Wildman–Crippen LogP) is 2.34. The minimum atomic E-state index is -1.03. The number of halogens is 1. The van der Waals surface area contributed by atoms with Gasteiger partial charge in [0.05, 0.1) is 27.6 Å². The highest BCUT2D eigenvalue weighted by Gasteiger charge is 2.39. The number of fused-ring (bicyclic) bond motifs is 1. The van der Waals surface area contributed by atoms with Gasteiger partial charge in [0.15, 0.2) is 0 Å². The van der Waals surface area contributed by atoms with Crippen molar-refractivity contribution in [3.05, 3.63) is 33.7 Å². The van der Waals surface area contributed by atoms with Gasteiger partial charge in [-0.25, -0.2) is 0 Å². The number of thioether (sulfide) groups is 1. The number of para-hydroxylation sites is 1. The lowest BCUT2D eigenvalue weighted by atomic mass is 10.1. The van der Waals surface area contributed by atoms with Crippen LogP contribution in [0.5, 0.6) is 0 Å². The highest BCUT2D eigenvalue weighted by Crippen LogP contribution is 2.44. The minimum absolute atomic E-state index is 0.0270. The van der Waals surface area contributed by atoms with Crippen molar-refractivity contribution in [2.45, 2.75) is 6.42 Å². The third kappa shape index (κ3) is 2.73. The molecule has 0 aromatic heterocycles. The summed E-state index contributed by atoms with van der Waals surface area (Å²) in [5, 5.41) is 11.8. The van der Waals surface area contributed by atoms with Crippen LogP contribution >= 0.6 is 35.6 Å². The van der Waals surface area contributed by atoms with E-state index in [9.17, 15) is 14.4 Å². The second kappa shape index (κ2) is 5.95. The van der Waals surface area contributed by atoms with Gasteiger partial charge < -0.3 is 10.4 Å². The molecule has 2 amide bonds. The Morgan fingerprint density at radius 3 is 2.83 bits per heavy atom. The van der Waals surface area contributed by atoms with Gasteiger partial charge in [0.25, 0.3) is 11.8 Å². The zero-order chi connectivity index (χ0) is 16.7. The number of nitrogens with zero attached hydrogens (tertiary/aromatic N) is 1. The monoisotopic (exact) mass is 368 g/mol. The standard InChI is InChI=1S/C14H9ClN2O4S2/c15-7-3-1-2-6-9(12(20)16-10(6)7)11-13(21)17(14(22)23-11)5-4-8(18)19/h1-3H,4-5H2,(H,16,20)(H,18,19)/b11-9-. The van der Waals surface area contributed by atoms with Gasteiger partial charge in [-0.15, -0.1) is 0 Å². The maximum Gasteiger partial charge on any atom is 0.305 e. The van der Waals surface area contributed by atoms with Crippen molar-refractivity contribution in [3.8, 4) is 0 Å². The fraction of sp³-hybridized carbons (Fsp3) is 0.143. The molecule has 2 N–H and O–H groups in total. The first-order valence-electron chi connectivity index (χ1n) is 6.50. The lowest BCUT2D eigenvalue weighted by Gasteiger charge is -2.12. The van der Waals surface area contributed by atoms with Crippen LogP contribution in [0.4, 0.5) is 5.69 Å². The Balaban J connectivity index is 2.02. The Morgan fingerprint density at radius 1 is 1.39 bits per heavy atom. The maximum absolute atomic E-state index is 12.5. The fourth-order valence-electron chi connectivity index (χ4n) is 2.33. The zero-order valence-electron chi connectivity index (χ0n) is 11.5. The molecule has 1 aromatic carbocycles. The average molecular weight is 369 g/mol. The second-order valence-corrected chi connectivity index (χ2v) is 6.84. The number of hydrogen-bond donors (Lipinski definition) is 2. The van der Waals surface area contributed by atoms with Crippen LogP contribution in [-0.4, -0.2) is 38.7 Å². The summed E-state index contributed by atoms with van der Waals surface area (Å²) < 4.78 is 0.238. The van der Waals surface area contributed by atoms with Gasteiger partial charge in [-0.05, 0) is 6.07 Å². The molecule has 0 unspecified atom stereocenters. The summed E-state index contributed by atoms with van der Waals surface area (Å²) in [5.41, 5.74) is 1.23. The van der Waals surface area contributed by atoms with E-state index in [0.29, 0.717) is 16.3 Å². The van der Waals surface area contributed by atoms with E-state index in [2.05, 4.69) is 5.32 Å². The first-order chi connectivity index (χ1) is 10.9. The lowest BCUT2D eigenvalue weighted by molar-refractivity contribution is -0.137. The topological polar surface area (TPSA) is 86.7 Å². The number of hydrogen-bond acceptors (Lipinski definition) is 5. The number of carboxylic acid groups (broad SMARTS) is 1. The number of thiocarbonyl (C=S) groups is 1.